The molecule has 0 saturated carbocycles. The summed E-state index contributed by atoms with van der Waals surface area (Å²) in [6, 6.07) is 3.51. The van der Waals surface area contributed by atoms with Crippen molar-refractivity contribution >= 4 is 39.0 Å². The summed E-state index contributed by atoms with van der Waals surface area (Å²) in [7, 11) is -3.23. The fraction of sp³-hybridized carbons (Fsp3) is 0.500. The Morgan fingerprint density at radius 2 is 2.40 bits per heavy atom. The van der Waals surface area contributed by atoms with Gasteiger partial charge in [0.1, 0.15) is 22.3 Å². The summed E-state index contributed by atoms with van der Waals surface area (Å²) in [6.45, 7) is 2.18. The molecule has 1 unspecified atom stereocenters. The van der Waals surface area contributed by atoms with Gasteiger partial charge in [0.15, 0.2) is 9.84 Å². The Kier molecular flexibility index (Phi) is 4.78. The molecule has 1 aromatic rings. The summed E-state index contributed by atoms with van der Waals surface area (Å²) in [5.41, 5.74) is 0.308. The molecule has 8 heteroatoms. The predicted octanol–water partition coefficient (Wildman–Crippen LogP) is 1.92. The molecular weight excluding hydrogens is 318 g/mol. The van der Waals surface area contributed by atoms with Crippen molar-refractivity contribution in [2.45, 2.75) is 12.3 Å². The molecule has 0 spiro atoms. The second kappa shape index (κ2) is 6.20. The molecule has 0 radical (unpaired) electrons. The van der Waals surface area contributed by atoms with Crippen LogP contribution in [0, 0.1) is 11.3 Å². The molecule has 0 aliphatic carbocycles. The van der Waals surface area contributed by atoms with E-state index in [0.717, 1.165) is 5.75 Å². The van der Waals surface area contributed by atoms with Gasteiger partial charge in [-0.05, 0) is 6.07 Å². The normalized spacial score (nSPS) is 19.6. The summed E-state index contributed by atoms with van der Waals surface area (Å²) < 4.78 is 24.4. The average Bonchev–Trinajstić information content (AvgIpc) is 2.47. The van der Waals surface area contributed by atoms with E-state index >= 15 is 0 Å². The minimum atomic E-state index is -3.23. The van der Waals surface area contributed by atoms with Gasteiger partial charge in [-0.15, -0.1) is 0 Å². The van der Waals surface area contributed by atoms with Gasteiger partial charge in [-0.1, -0.05) is 18.5 Å². The van der Waals surface area contributed by atoms with Crippen molar-refractivity contribution in [2.24, 2.45) is 0 Å². The van der Waals surface area contributed by atoms with E-state index < -0.39 is 15.2 Å². The Bertz CT molecular complexity index is 643. The van der Waals surface area contributed by atoms with Gasteiger partial charge in [0, 0.05) is 30.0 Å². The number of hydrogen-bond donors (Lipinski definition) is 0. The standard InChI is InChI=1S/C12H14ClN3O2S2/c1-2-20(17,18)10-8-19-6-5-16(10)12-11(13)9(7-14)3-4-15-12/h3-4,10H,2,5-6,8H2,1H3. The first-order chi connectivity index (χ1) is 9.51. The van der Waals surface area contributed by atoms with Crippen molar-refractivity contribution in [2.75, 3.05) is 28.7 Å². The van der Waals surface area contributed by atoms with Crippen LogP contribution >= 0.6 is 23.4 Å². The van der Waals surface area contributed by atoms with Crippen LogP contribution in [0.1, 0.15) is 12.5 Å². The SMILES string of the molecule is CCS(=O)(=O)C1CSCCN1c1nccc(C#N)c1Cl. The summed E-state index contributed by atoms with van der Waals surface area (Å²) in [5, 5.41) is 8.60. The number of nitrogens with zero attached hydrogens (tertiary/aromatic N) is 3. The van der Waals surface area contributed by atoms with E-state index in [4.69, 9.17) is 16.9 Å². The number of aromatic nitrogens is 1. The lowest BCUT2D eigenvalue weighted by Gasteiger charge is -2.36. The molecule has 2 heterocycles. The molecule has 2 rings (SSSR count). The van der Waals surface area contributed by atoms with Gasteiger partial charge in [-0.3, -0.25) is 0 Å². The highest BCUT2D eigenvalue weighted by atomic mass is 35.5. The number of thioether (sulfide) groups is 1. The summed E-state index contributed by atoms with van der Waals surface area (Å²) in [5.74, 6) is 1.76. The van der Waals surface area contributed by atoms with Gasteiger partial charge >= 0.3 is 0 Å². The monoisotopic (exact) mass is 331 g/mol. The Hall–Kier alpha value is -0.970. The highest BCUT2D eigenvalue weighted by Crippen LogP contribution is 2.32. The molecule has 1 aliphatic heterocycles. The van der Waals surface area contributed by atoms with Gasteiger partial charge in [0.25, 0.3) is 0 Å². The second-order valence-electron chi connectivity index (χ2n) is 4.28. The molecule has 0 aromatic carbocycles. The summed E-state index contributed by atoms with van der Waals surface area (Å²) >= 11 is 7.78. The van der Waals surface area contributed by atoms with E-state index in [1.807, 2.05) is 6.07 Å². The van der Waals surface area contributed by atoms with E-state index in [0.29, 0.717) is 23.7 Å². The van der Waals surface area contributed by atoms with Crippen molar-refractivity contribution in [1.29, 1.82) is 5.26 Å². The molecule has 0 amide bonds. The van der Waals surface area contributed by atoms with Gasteiger partial charge in [-0.25, -0.2) is 13.4 Å². The number of sulfone groups is 1. The first-order valence-corrected chi connectivity index (χ1v) is 9.36. The molecule has 1 fully saturated rings. The second-order valence-corrected chi connectivity index (χ2v) is 8.26. The number of pyridine rings is 1. The smallest absolute Gasteiger partial charge is 0.171 e. The molecule has 5 nitrogen and oxygen atoms in total. The van der Waals surface area contributed by atoms with Crippen LogP contribution in [0.15, 0.2) is 12.3 Å². The van der Waals surface area contributed by atoms with Gasteiger partial charge in [0.2, 0.25) is 0 Å². The third-order valence-electron chi connectivity index (χ3n) is 3.16. The fourth-order valence-corrected chi connectivity index (χ4v) is 5.26. The van der Waals surface area contributed by atoms with Crippen molar-refractivity contribution < 1.29 is 8.42 Å². The molecule has 1 aromatic heterocycles. The van der Waals surface area contributed by atoms with Crippen molar-refractivity contribution in [3.63, 3.8) is 0 Å². The zero-order chi connectivity index (χ0) is 14.8. The highest BCUT2D eigenvalue weighted by molar-refractivity contribution is 8.01. The largest absolute Gasteiger partial charge is 0.337 e. The topological polar surface area (TPSA) is 74.1 Å². The first-order valence-electron chi connectivity index (χ1n) is 6.11. The molecular formula is C12H14ClN3O2S2. The first kappa shape index (κ1) is 15.4. The van der Waals surface area contributed by atoms with Crippen LogP contribution in [0.2, 0.25) is 5.02 Å². The maximum absolute atomic E-state index is 12.2. The maximum atomic E-state index is 12.2. The fourth-order valence-electron chi connectivity index (χ4n) is 2.03. The number of halogens is 1. The predicted molar refractivity (Wildman–Crippen MR) is 81.9 cm³/mol. The van der Waals surface area contributed by atoms with Crippen molar-refractivity contribution in [3.8, 4) is 6.07 Å². The van der Waals surface area contributed by atoms with Crippen LogP contribution in [0.5, 0.6) is 0 Å². The van der Waals surface area contributed by atoms with Crippen LogP contribution < -0.4 is 4.90 Å². The van der Waals surface area contributed by atoms with Gasteiger partial charge in [0.05, 0.1) is 5.56 Å². The van der Waals surface area contributed by atoms with Crippen LogP contribution in [-0.4, -0.2) is 42.6 Å². The Labute approximate surface area is 127 Å². The number of nitriles is 1. The molecule has 1 aliphatic rings. The van der Waals surface area contributed by atoms with E-state index in [1.165, 1.54) is 12.3 Å². The van der Waals surface area contributed by atoms with E-state index in [9.17, 15) is 8.42 Å². The quantitative estimate of drug-likeness (QED) is 0.842. The summed E-state index contributed by atoms with van der Waals surface area (Å²) in [6.07, 6.45) is 1.48. The van der Waals surface area contributed by atoms with Crippen LogP contribution in [-0.2, 0) is 9.84 Å². The number of anilines is 1. The van der Waals surface area contributed by atoms with Crippen molar-refractivity contribution in [3.05, 3.63) is 22.8 Å². The van der Waals surface area contributed by atoms with Gasteiger partial charge < -0.3 is 4.90 Å². The van der Waals surface area contributed by atoms with Crippen LogP contribution in [0.4, 0.5) is 5.82 Å². The molecule has 20 heavy (non-hydrogen) atoms. The zero-order valence-electron chi connectivity index (χ0n) is 10.9. The van der Waals surface area contributed by atoms with Gasteiger partial charge in [-0.2, -0.15) is 17.0 Å². The molecule has 0 N–H and O–H groups in total. The molecule has 0 bridgehead atoms. The highest BCUT2D eigenvalue weighted by Gasteiger charge is 2.34. The minimum Gasteiger partial charge on any atom is -0.337 e. The van der Waals surface area contributed by atoms with Crippen molar-refractivity contribution in [1.82, 2.24) is 4.98 Å². The van der Waals surface area contributed by atoms with Crippen LogP contribution in [0.25, 0.3) is 0 Å². The van der Waals surface area contributed by atoms with E-state index in [-0.39, 0.29) is 10.8 Å². The van der Waals surface area contributed by atoms with Crippen LogP contribution in [0.3, 0.4) is 0 Å². The summed E-state index contributed by atoms with van der Waals surface area (Å²) in [4.78, 5) is 5.88. The number of hydrogen-bond acceptors (Lipinski definition) is 6. The Morgan fingerprint density at radius 1 is 1.65 bits per heavy atom. The Balaban J connectivity index is 2.47. The third kappa shape index (κ3) is 2.87. The zero-order valence-corrected chi connectivity index (χ0v) is 13.3. The van der Waals surface area contributed by atoms with E-state index in [1.54, 1.807) is 23.6 Å². The minimum absolute atomic E-state index is 0.0737. The number of rotatable bonds is 3. The lowest BCUT2D eigenvalue weighted by atomic mass is 10.2. The lowest BCUT2D eigenvalue weighted by molar-refractivity contribution is 0.579. The maximum Gasteiger partial charge on any atom is 0.171 e. The third-order valence-corrected chi connectivity index (χ3v) is 6.83. The molecule has 1 atom stereocenters. The van der Waals surface area contributed by atoms with E-state index in [2.05, 4.69) is 4.98 Å². The Morgan fingerprint density at radius 3 is 3.05 bits per heavy atom. The molecule has 108 valence electrons. The molecule has 1 saturated heterocycles. The average molecular weight is 332 g/mol. The lowest BCUT2D eigenvalue weighted by Crippen LogP contribution is -2.48.